The Morgan fingerprint density at radius 3 is 2.83 bits per heavy atom. The van der Waals surface area contributed by atoms with Gasteiger partial charge >= 0.3 is 6.18 Å². The van der Waals surface area contributed by atoms with E-state index in [1.165, 1.54) is 11.1 Å². The quantitative estimate of drug-likeness (QED) is 0.900. The summed E-state index contributed by atoms with van der Waals surface area (Å²) in [5.41, 5.74) is 2.38. The highest BCUT2D eigenvalue weighted by molar-refractivity contribution is 5.36. The van der Waals surface area contributed by atoms with Crippen molar-refractivity contribution in [2.45, 2.75) is 32.0 Å². The summed E-state index contributed by atoms with van der Waals surface area (Å²) in [4.78, 5) is 0. The van der Waals surface area contributed by atoms with Crippen LogP contribution in [0.1, 0.15) is 24.0 Å². The monoisotopic (exact) mass is 259 g/mol. The van der Waals surface area contributed by atoms with Gasteiger partial charge in [-0.25, -0.2) is 0 Å². The number of halogens is 3. The van der Waals surface area contributed by atoms with E-state index in [1.54, 1.807) is 6.07 Å². The third-order valence-electron chi connectivity index (χ3n) is 2.95. The van der Waals surface area contributed by atoms with Crippen LogP contribution in [-0.4, -0.2) is 19.3 Å². The van der Waals surface area contributed by atoms with Gasteiger partial charge in [0.05, 0.1) is 13.0 Å². The molecule has 5 heteroatoms. The molecule has 0 aromatic heterocycles. The summed E-state index contributed by atoms with van der Waals surface area (Å²) in [6.07, 6.45) is -3.08. The Morgan fingerprint density at radius 2 is 2.06 bits per heavy atom. The lowest BCUT2D eigenvalue weighted by molar-refractivity contribution is -0.139. The minimum atomic E-state index is -4.16. The Bertz CT molecular complexity index is 404. The van der Waals surface area contributed by atoms with E-state index in [4.69, 9.17) is 4.74 Å². The first-order valence-corrected chi connectivity index (χ1v) is 6.07. The van der Waals surface area contributed by atoms with Crippen LogP contribution in [0.5, 0.6) is 5.75 Å². The van der Waals surface area contributed by atoms with Gasteiger partial charge in [0.15, 0.2) is 0 Å². The highest BCUT2D eigenvalue weighted by Crippen LogP contribution is 2.23. The highest BCUT2D eigenvalue weighted by Gasteiger charge is 2.26. The molecule has 0 amide bonds. The van der Waals surface area contributed by atoms with Gasteiger partial charge in [0.1, 0.15) is 5.75 Å². The second-order valence-electron chi connectivity index (χ2n) is 4.42. The predicted molar refractivity (Wildman–Crippen MR) is 62.6 cm³/mol. The number of nitrogens with one attached hydrogen (secondary N) is 1. The number of alkyl halides is 3. The van der Waals surface area contributed by atoms with Crippen LogP contribution < -0.4 is 10.1 Å². The third kappa shape index (κ3) is 3.91. The topological polar surface area (TPSA) is 21.3 Å². The lowest BCUT2D eigenvalue weighted by Gasteiger charge is -2.11. The third-order valence-corrected chi connectivity index (χ3v) is 2.95. The van der Waals surface area contributed by atoms with Crippen molar-refractivity contribution >= 4 is 0 Å². The maximum absolute atomic E-state index is 12.0. The molecule has 0 radical (unpaired) electrons. The van der Waals surface area contributed by atoms with E-state index < -0.39 is 12.6 Å². The van der Waals surface area contributed by atoms with Crippen LogP contribution in [0.3, 0.4) is 0 Å². The number of ether oxygens (including phenoxy) is 1. The van der Waals surface area contributed by atoms with Crippen LogP contribution in [-0.2, 0) is 13.0 Å². The molecule has 0 aliphatic carbocycles. The van der Waals surface area contributed by atoms with Crippen molar-refractivity contribution in [1.29, 1.82) is 0 Å². The van der Waals surface area contributed by atoms with Crippen LogP contribution in [0.4, 0.5) is 13.2 Å². The Labute approximate surface area is 104 Å². The van der Waals surface area contributed by atoms with Crippen molar-refractivity contribution in [3.63, 3.8) is 0 Å². The first-order valence-electron chi connectivity index (χ1n) is 6.07. The molecule has 0 unspecified atom stereocenters. The zero-order chi connectivity index (χ0) is 13.0. The molecule has 0 atom stereocenters. The smallest absolute Gasteiger partial charge is 0.392 e. The van der Waals surface area contributed by atoms with Gasteiger partial charge in [0.25, 0.3) is 0 Å². The van der Waals surface area contributed by atoms with Gasteiger partial charge in [-0.15, -0.1) is 0 Å². The summed E-state index contributed by atoms with van der Waals surface area (Å²) in [5, 5.41) is 3.30. The van der Waals surface area contributed by atoms with Gasteiger partial charge in [0.2, 0.25) is 0 Å². The lowest BCUT2D eigenvalue weighted by Crippen LogP contribution is -2.13. The molecule has 1 N–H and O–H groups in total. The van der Waals surface area contributed by atoms with Crippen LogP contribution in [0.25, 0.3) is 0 Å². The number of hydrogen-bond donors (Lipinski definition) is 1. The maximum Gasteiger partial charge on any atom is 0.392 e. The summed E-state index contributed by atoms with van der Waals surface area (Å²) >= 11 is 0. The molecule has 100 valence electrons. The summed E-state index contributed by atoms with van der Waals surface area (Å²) in [6.45, 7) is 1.47. The normalized spacial score (nSPS) is 15.9. The number of rotatable bonds is 3. The van der Waals surface area contributed by atoms with Crippen molar-refractivity contribution in [2.75, 3.05) is 13.2 Å². The number of fused-ring (bicyclic) bond motifs is 1. The fourth-order valence-corrected chi connectivity index (χ4v) is 2.01. The Balaban J connectivity index is 1.96. The molecule has 1 aliphatic rings. The molecule has 2 nitrogen and oxygen atoms in total. The van der Waals surface area contributed by atoms with Gasteiger partial charge in [-0.2, -0.15) is 13.2 Å². The maximum atomic E-state index is 12.0. The molecule has 1 aromatic carbocycles. The minimum Gasteiger partial charge on any atom is -0.493 e. The molecule has 1 aromatic rings. The number of benzene rings is 1. The number of hydrogen-bond acceptors (Lipinski definition) is 2. The molecule has 18 heavy (non-hydrogen) atoms. The van der Waals surface area contributed by atoms with Crippen molar-refractivity contribution in [3.8, 4) is 5.75 Å². The van der Waals surface area contributed by atoms with Gasteiger partial charge in [-0.1, -0.05) is 6.07 Å². The van der Waals surface area contributed by atoms with E-state index in [1.807, 2.05) is 12.1 Å². The van der Waals surface area contributed by atoms with Crippen molar-refractivity contribution in [1.82, 2.24) is 5.32 Å². The van der Waals surface area contributed by atoms with E-state index in [-0.39, 0.29) is 6.61 Å². The van der Waals surface area contributed by atoms with Crippen molar-refractivity contribution in [2.24, 2.45) is 0 Å². The zero-order valence-electron chi connectivity index (χ0n) is 10.0. The average Bonchev–Trinajstić information content (AvgIpc) is 2.51. The molecule has 1 aliphatic heterocycles. The average molecular weight is 259 g/mol. The molecular weight excluding hydrogens is 243 g/mol. The molecule has 2 rings (SSSR count). The van der Waals surface area contributed by atoms with E-state index in [0.29, 0.717) is 5.75 Å². The SMILES string of the molecule is FC(F)(F)CCOc1ccc2c(c1)CCCNC2. The summed E-state index contributed by atoms with van der Waals surface area (Å²) < 4.78 is 41.1. The van der Waals surface area contributed by atoms with Crippen molar-refractivity contribution < 1.29 is 17.9 Å². The molecule has 0 saturated heterocycles. The Morgan fingerprint density at radius 1 is 1.22 bits per heavy atom. The molecule has 0 fully saturated rings. The van der Waals surface area contributed by atoms with Gasteiger partial charge in [-0.05, 0) is 42.6 Å². The summed E-state index contributed by atoms with van der Waals surface area (Å²) in [5.74, 6) is 0.528. The Hall–Kier alpha value is -1.23. The largest absolute Gasteiger partial charge is 0.493 e. The minimum absolute atomic E-state index is 0.319. The second-order valence-corrected chi connectivity index (χ2v) is 4.42. The second kappa shape index (κ2) is 5.61. The Kier molecular flexibility index (Phi) is 4.11. The molecule has 0 spiro atoms. The van der Waals surface area contributed by atoms with Crippen LogP contribution in [0, 0.1) is 0 Å². The molecule has 1 heterocycles. The van der Waals surface area contributed by atoms with Crippen LogP contribution in [0.15, 0.2) is 18.2 Å². The molecule has 0 bridgehead atoms. The molecule has 0 saturated carbocycles. The lowest BCUT2D eigenvalue weighted by atomic mass is 10.0. The highest BCUT2D eigenvalue weighted by atomic mass is 19.4. The number of aryl methyl sites for hydroxylation is 1. The van der Waals surface area contributed by atoms with Crippen LogP contribution in [0.2, 0.25) is 0 Å². The summed E-state index contributed by atoms with van der Waals surface area (Å²) in [6, 6.07) is 5.53. The molecular formula is C13H16F3NO. The first kappa shape index (κ1) is 13.2. The van der Waals surface area contributed by atoms with Gasteiger partial charge in [-0.3, -0.25) is 0 Å². The first-order chi connectivity index (χ1) is 8.54. The van der Waals surface area contributed by atoms with Crippen LogP contribution >= 0.6 is 0 Å². The van der Waals surface area contributed by atoms with E-state index in [2.05, 4.69) is 5.32 Å². The zero-order valence-corrected chi connectivity index (χ0v) is 10.0. The standard InChI is InChI=1S/C13H16F3NO/c14-13(15,16)5-7-18-12-4-3-11-9-17-6-1-2-10(11)8-12/h3-4,8,17H,1-2,5-7,9H2. The van der Waals surface area contributed by atoms with Crippen molar-refractivity contribution in [3.05, 3.63) is 29.3 Å². The van der Waals surface area contributed by atoms with E-state index in [0.717, 1.165) is 25.9 Å². The fourth-order valence-electron chi connectivity index (χ4n) is 2.01. The summed E-state index contributed by atoms with van der Waals surface area (Å²) in [7, 11) is 0. The van der Waals surface area contributed by atoms with E-state index >= 15 is 0 Å². The van der Waals surface area contributed by atoms with Gasteiger partial charge < -0.3 is 10.1 Å². The van der Waals surface area contributed by atoms with Gasteiger partial charge in [0, 0.05) is 6.54 Å². The van der Waals surface area contributed by atoms with E-state index in [9.17, 15) is 13.2 Å². The fraction of sp³-hybridized carbons (Fsp3) is 0.538. The predicted octanol–water partition coefficient (Wildman–Crippen LogP) is 3.05.